The van der Waals surface area contributed by atoms with Crippen LogP contribution in [-0.4, -0.2) is 33.0 Å². The lowest BCUT2D eigenvalue weighted by Gasteiger charge is -2.03. The van der Waals surface area contributed by atoms with Gasteiger partial charge in [-0.2, -0.15) is 4.98 Å². The van der Waals surface area contributed by atoms with E-state index in [0.29, 0.717) is 23.2 Å². The van der Waals surface area contributed by atoms with Gasteiger partial charge in [0.2, 0.25) is 11.7 Å². The lowest BCUT2D eigenvalue weighted by Crippen LogP contribution is -2.32. The molecule has 2 aromatic rings. The zero-order valence-corrected chi connectivity index (χ0v) is 11.8. The zero-order valence-electron chi connectivity index (χ0n) is 10.9. The number of aliphatic carboxylic acids is 1. The lowest BCUT2D eigenvalue weighted by molar-refractivity contribution is -0.137. The van der Waals surface area contributed by atoms with Gasteiger partial charge < -0.3 is 15.4 Å². The van der Waals surface area contributed by atoms with Crippen LogP contribution in [0.1, 0.15) is 11.5 Å². The second-order valence-electron chi connectivity index (χ2n) is 4.34. The summed E-state index contributed by atoms with van der Waals surface area (Å²) < 4.78 is 5.12. The van der Waals surface area contributed by atoms with Gasteiger partial charge in [-0.3, -0.25) is 4.79 Å². The minimum Gasteiger partial charge on any atom is -0.480 e. The third kappa shape index (κ3) is 3.82. The molecule has 0 aliphatic rings. The molecule has 106 valence electrons. The summed E-state index contributed by atoms with van der Waals surface area (Å²) in [6, 6.07) is 6.94. The number of rotatable bonds is 6. The monoisotopic (exact) mass is 293 g/mol. The molecule has 0 spiro atoms. The quantitative estimate of drug-likeness (QED) is 0.835. The topological polar surface area (TPSA) is 102 Å². The highest BCUT2D eigenvalue weighted by Gasteiger charge is 2.13. The average molecular weight is 293 g/mol. The molecular weight excluding hydrogens is 278 g/mol. The molecule has 1 heterocycles. The number of aromatic nitrogens is 2. The van der Waals surface area contributed by atoms with E-state index in [1.165, 1.54) is 11.8 Å². The van der Waals surface area contributed by atoms with Crippen LogP contribution < -0.4 is 5.73 Å². The van der Waals surface area contributed by atoms with E-state index in [1.54, 1.807) is 0 Å². The van der Waals surface area contributed by atoms with E-state index in [2.05, 4.69) is 10.1 Å². The maximum Gasteiger partial charge on any atom is 0.321 e. The number of carbonyl (C=O) groups is 1. The van der Waals surface area contributed by atoms with E-state index >= 15 is 0 Å². The van der Waals surface area contributed by atoms with Crippen LogP contribution in [0.15, 0.2) is 28.8 Å². The summed E-state index contributed by atoms with van der Waals surface area (Å²) in [4.78, 5) is 14.8. The van der Waals surface area contributed by atoms with Crippen LogP contribution in [0.3, 0.4) is 0 Å². The minimum atomic E-state index is -1.01. The molecule has 3 N–H and O–H groups in total. The summed E-state index contributed by atoms with van der Waals surface area (Å²) in [6.45, 7) is 2.01. The van der Waals surface area contributed by atoms with Crippen LogP contribution in [-0.2, 0) is 10.5 Å². The van der Waals surface area contributed by atoms with Crippen molar-refractivity contribution in [2.45, 2.75) is 18.7 Å². The molecule has 0 saturated heterocycles. The van der Waals surface area contributed by atoms with Gasteiger partial charge in [-0.1, -0.05) is 35.0 Å². The first-order valence-corrected chi connectivity index (χ1v) is 7.17. The minimum absolute atomic E-state index is 0.303. The Morgan fingerprint density at radius 2 is 2.15 bits per heavy atom. The van der Waals surface area contributed by atoms with Crippen molar-refractivity contribution >= 4 is 17.7 Å². The number of carboxylic acids is 1. The average Bonchev–Trinajstić information content (AvgIpc) is 2.88. The van der Waals surface area contributed by atoms with Crippen molar-refractivity contribution in [3.05, 3.63) is 35.7 Å². The van der Waals surface area contributed by atoms with Gasteiger partial charge in [-0.05, 0) is 6.92 Å². The smallest absolute Gasteiger partial charge is 0.321 e. The normalized spacial score (nSPS) is 12.3. The van der Waals surface area contributed by atoms with Crippen LogP contribution in [0.4, 0.5) is 0 Å². The Morgan fingerprint density at radius 1 is 1.45 bits per heavy atom. The number of nitrogens with zero attached hydrogens (tertiary/aromatic N) is 2. The van der Waals surface area contributed by atoms with Crippen molar-refractivity contribution in [1.82, 2.24) is 10.1 Å². The second kappa shape index (κ2) is 6.53. The number of benzene rings is 1. The molecule has 0 aliphatic heterocycles. The molecule has 2 rings (SSSR count). The lowest BCUT2D eigenvalue weighted by atomic mass is 10.1. The maximum atomic E-state index is 10.6. The highest BCUT2D eigenvalue weighted by atomic mass is 32.2. The van der Waals surface area contributed by atoms with Crippen LogP contribution in [0.25, 0.3) is 11.4 Å². The summed E-state index contributed by atoms with van der Waals surface area (Å²) in [5, 5.41) is 12.6. The Hall–Kier alpha value is -1.86. The molecule has 1 aromatic heterocycles. The highest BCUT2D eigenvalue weighted by molar-refractivity contribution is 7.98. The van der Waals surface area contributed by atoms with Gasteiger partial charge >= 0.3 is 5.97 Å². The number of aryl methyl sites for hydroxylation is 1. The van der Waals surface area contributed by atoms with Gasteiger partial charge in [0.25, 0.3) is 0 Å². The highest BCUT2D eigenvalue weighted by Crippen LogP contribution is 2.18. The van der Waals surface area contributed by atoms with Gasteiger partial charge in [0, 0.05) is 11.3 Å². The van der Waals surface area contributed by atoms with Gasteiger partial charge in [0.1, 0.15) is 6.04 Å². The molecule has 6 nitrogen and oxygen atoms in total. The summed E-state index contributed by atoms with van der Waals surface area (Å²) in [5.41, 5.74) is 7.45. The van der Waals surface area contributed by atoms with Gasteiger partial charge in [0.05, 0.1) is 5.75 Å². The van der Waals surface area contributed by atoms with E-state index in [9.17, 15) is 4.79 Å². The first kappa shape index (κ1) is 14.5. The zero-order chi connectivity index (χ0) is 14.5. The van der Waals surface area contributed by atoms with Crippen LogP contribution in [0, 0.1) is 6.92 Å². The molecule has 0 radical (unpaired) electrons. The second-order valence-corrected chi connectivity index (χ2v) is 5.37. The number of carboxylic acid groups (broad SMARTS) is 1. The maximum absolute atomic E-state index is 10.6. The van der Waals surface area contributed by atoms with Crippen molar-refractivity contribution < 1.29 is 14.4 Å². The van der Waals surface area contributed by atoms with Crippen molar-refractivity contribution in [1.29, 1.82) is 0 Å². The summed E-state index contributed by atoms with van der Waals surface area (Å²) in [5.74, 6) is 0.729. The fourth-order valence-electron chi connectivity index (χ4n) is 1.48. The Morgan fingerprint density at radius 3 is 2.80 bits per heavy atom. The van der Waals surface area contributed by atoms with Gasteiger partial charge in [0.15, 0.2) is 0 Å². The summed E-state index contributed by atoms with van der Waals surface area (Å²) >= 11 is 1.35. The van der Waals surface area contributed by atoms with Gasteiger partial charge in [-0.15, -0.1) is 11.8 Å². The van der Waals surface area contributed by atoms with Crippen molar-refractivity contribution in [2.24, 2.45) is 5.73 Å². The molecule has 0 bridgehead atoms. The van der Waals surface area contributed by atoms with Crippen LogP contribution in [0.2, 0.25) is 0 Å². The Balaban J connectivity index is 1.92. The molecule has 0 aliphatic carbocycles. The van der Waals surface area contributed by atoms with Crippen LogP contribution >= 0.6 is 11.8 Å². The standard InChI is InChI=1S/C13H15N3O3S/c1-8-2-4-9(5-3-8)12-15-11(19-16-12)7-20-6-10(14)13(17)18/h2-5,10H,6-7,14H2,1H3,(H,17,18)/t10-/m1/s1. The number of nitrogens with two attached hydrogens (primary N) is 1. The molecule has 0 fully saturated rings. The summed E-state index contributed by atoms with van der Waals surface area (Å²) in [6.07, 6.45) is 0. The number of hydrogen-bond donors (Lipinski definition) is 2. The molecule has 0 unspecified atom stereocenters. The molecule has 0 amide bonds. The molecule has 1 aromatic carbocycles. The first-order valence-electron chi connectivity index (χ1n) is 6.02. The predicted octanol–water partition coefficient (Wildman–Crippen LogP) is 1.69. The van der Waals surface area contributed by atoms with E-state index in [4.69, 9.17) is 15.4 Å². The third-order valence-corrected chi connectivity index (χ3v) is 3.66. The molecule has 20 heavy (non-hydrogen) atoms. The van der Waals surface area contributed by atoms with E-state index in [-0.39, 0.29) is 0 Å². The van der Waals surface area contributed by atoms with E-state index in [0.717, 1.165) is 11.1 Å². The van der Waals surface area contributed by atoms with E-state index in [1.807, 2.05) is 31.2 Å². The largest absolute Gasteiger partial charge is 0.480 e. The Bertz CT molecular complexity index is 583. The van der Waals surface area contributed by atoms with Crippen molar-refractivity contribution in [3.8, 4) is 11.4 Å². The fraction of sp³-hybridized carbons (Fsp3) is 0.308. The molecule has 0 saturated carbocycles. The van der Waals surface area contributed by atoms with E-state index < -0.39 is 12.0 Å². The SMILES string of the molecule is Cc1ccc(-c2noc(CSC[C@@H](N)C(=O)O)n2)cc1. The number of hydrogen-bond acceptors (Lipinski definition) is 6. The third-order valence-electron chi connectivity index (χ3n) is 2.62. The van der Waals surface area contributed by atoms with Crippen LogP contribution in [0.5, 0.6) is 0 Å². The molecule has 7 heteroatoms. The predicted molar refractivity (Wildman–Crippen MR) is 76.2 cm³/mol. The van der Waals surface area contributed by atoms with Crippen molar-refractivity contribution in [3.63, 3.8) is 0 Å². The molecule has 1 atom stereocenters. The fourth-order valence-corrected chi connectivity index (χ4v) is 2.28. The van der Waals surface area contributed by atoms with Gasteiger partial charge in [-0.25, -0.2) is 0 Å². The Labute approximate surface area is 120 Å². The number of thioether (sulfide) groups is 1. The Kier molecular flexibility index (Phi) is 4.75. The molecular formula is C13H15N3O3S. The first-order chi connectivity index (χ1) is 9.56. The van der Waals surface area contributed by atoms with Crippen molar-refractivity contribution in [2.75, 3.05) is 5.75 Å². The summed E-state index contributed by atoms with van der Waals surface area (Å²) in [7, 11) is 0.